The predicted octanol–water partition coefficient (Wildman–Crippen LogP) is -0.237. The van der Waals surface area contributed by atoms with Crippen LogP contribution in [0, 0.1) is 11.5 Å². The van der Waals surface area contributed by atoms with Gasteiger partial charge in [-0.25, -0.2) is 4.79 Å². The molecule has 0 bridgehead atoms. The average Bonchev–Trinajstić information content (AvgIpc) is 2.38. The van der Waals surface area contributed by atoms with Gasteiger partial charge in [0.2, 0.25) is 0 Å². The first-order valence-electron chi connectivity index (χ1n) is 3.18. The number of nitriles is 1. The van der Waals surface area contributed by atoms with Crippen molar-refractivity contribution in [1.29, 1.82) is 5.26 Å². The van der Waals surface area contributed by atoms with E-state index in [1.807, 2.05) is 0 Å². The molecule has 0 spiro atoms. The molecule has 4 nitrogen and oxygen atoms in total. The molecule has 0 radical (unpaired) electrons. The minimum absolute atomic E-state index is 0.250. The third-order valence-electron chi connectivity index (χ3n) is 1.49. The highest BCUT2D eigenvalue weighted by atomic mass is 16.5. The van der Waals surface area contributed by atoms with E-state index < -0.39 is 5.97 Å². The topological polar surface area (TPSA) is 62.1 Å². The summed E-state index contributed by atoms with van der Waals surface area (Å²) >= 11 is 0. The fraction of sp³-hybridized carbons (Fsp3) is 0.667. The molecule has 54 valence electrons. The van der Waals surface area contributed by atoms with Crippen molar-refractivity contribution in [3.63, 3.8) is 0 Å². The van der Waals surface area contributed by atoms with E-state index in [9.17, 15) is 4.79 Å². The van der Waals surface area contributed by atoms with Gasteiger partial charge in [-0.1, -0.05) is 0 Å². The Balaban J connectivity index is 2.34. The maximum atomic E-state index is 10.7. The molecular weight excluding hydrogens is 132 g/mol. The second kappa shape index (κ2) is 3.18. The van der Waals surface area contributed by atoms with Gasteiger partial charge in [-0.05, 0) is 19.4 Å². The maximum absolute atomic E-state index is 10.7. The van der Waals surface area contributed by atoms with Crippen LogP contribution in [-0.2, 0) is 9.53 Å². The van der Waals surface area contributed by atoms with Gasteiger partial charge in [-0.3, -0.25) is 0 Å². The molecule has 1 atom stereocenters. The molecule has 4 heteroatoms. The van der Waals surface area contributed by atoms with E-state index >= 15 is 0 Å². The van der Waals surface area contributed by atoms with Crippen molar-refractivity contribution >= 4 is 5.97 Å². The summed E-state index contributed by atoms with van der Waals surface area (Å²) in [4.78, 5) is 10.7. The molecule has 0 aromatic rings. The molecule has 1 unspecified atom stereocenters. The Labute approximate surface area is 58.8 Å². The monoisotopic (exact) mass is 140 g/mol. The smallest absolute Gasteiger partial charge is 0.338 e. The number of carbonyl (C=O) groups excluding carboxylic acids is 1. The summed E-state index contributed by atoms with van der Waals surface area (Å²) in [6, 6.07) is -0.250. The second-order valence-electron chi connectivity index (χ2n) is 2.16. The molecular formula is C6H8N2O2. The van der Waals surface area contributed by atoms with Crippen molar-refractivity contribution in [3.05, 3.63) is 0 Å². The third kappa shape index (κ3) is 1.45. The molecule has 0 aromatic heterocycles. The highest BCUT2D eigenvalue weighted by molar-refractivity contribution is 5.76. The van der Waals surface area contributed by atoms with E-state index in [-0.39, 0.29) is 6.04 Å². The lowest BCUT2D eigenvalue weighted by Crippen LogP contribution is -2.31. The Kier molecular flexibility index (Phi) is 2.24. The summed E-state index contributed by atoms with van der Waals surface area (Å²) in [6.45, 7) is 0.838. The van der Waals surface area contributed by atoms with Gasteiger partial charge in [0.25, 0.3) is 6.26 Å². The number of hydrogen-bond acceptors (Lipinski definition) is 4. The van der Waals surface area contributed by atoms with Crippen LogP contribution in [0.1, 0.15) is 12.8 Å². The van der Waals surface area contributed by atoms with E-state index in [2.05, 4.69) is 10.1 Å². The molecule has 10 heavy (non-hydrogen) atoms. The quantitative estimate of drug-likeness (QED) is 0.403. The summed E-state index contributed by atoms with van der Waals surface area (Å²) in [7, 11) is 0. The van der Waals surface area contributed by atoms with Gasteiger partial charge in [0.15, 0.2) is 0 Å². The molecule has 1 aliphatic heterocycles. The fourth-order valence-corrected chi connectivity index (χ4v) is 1.00. The molecule has 1 saturated heterocycles. The van der Waals surface area contributed by atoms with E-state index in [4.69, 9.17) is 5.26 Å². The molecule has 1 N–H and O–H groups in total. The lowest BCUT2D eigenvalue weighted by atomic mass is 10.2. The van der Waals surface area contributed by atoms with Crippen LogP contribution in [0.15, 0.2) is 0 Å². The summed E-state index contributed by atoms with van der Waals surface area (Å²) < 4.78 is 4.13. The molecule has 1 rings (SSSR count). The average molecular weight is 140 g/mol. The zero-order chi connectivity index (χ0) is 7.40. The summed E-state index contributed by atoms with van der Waals surface area (Å²) in [5.41, 5.74) is 0. The zero-order valence-electron chi connectivity index (χ0n) is 5.46. The van der Waals surface area contributed by atoms with E-state index in [0.717, 1.165) is 19.4 Å². The number of nitrogens with zero attached hydrogens (tertiary/aromatic N) is 1. The molecule has 1 fully saturated rings. The predicted molar refractivity (Wildman–Crippen MR) is 32.7 cm³/mol. The van der Waals surface area contributed by atoms with Crippen LogP contribution >= 0.6 is 0 Å². The van der Waals surface area contributed by atoms with Crippen LogP contribution in [0.25, 0.3) is 0 Å². The molecule has 0 aromatic carbocycles. The lowest BCUT2D eigenvalue weighted by molar-refractivity contribution is -0.139. The summed E-state index contributed by atoms with van der Waals surface area (Å²) in [5.74, 6) is -0.458. The number of ether oxygens (including phenoxy) is 1. The van der Waals surface area contributed by atoms with Gasteiger partial charge in [0.05, 0.1) is 0 Å². The van der Waals surface area contributed by atoms with Gasteiger partial charge < -0.3 is 10.1 Å². The van der Waals surface area contributed by atoms with Gasteiger partial charge in [-0.2, -0.15) is 0 Å². The normalized spacial score (nSPS) is 23.7. The van der Waals surface area contributed by atoms with Gasteiger partial charge >= 0.3 is 5.97 Å². The molecule has 0 saturated carbocycles. The third-order valence-corrected chi connectivity index (χ3v) is 1.49. The number of nitrogens with one attached hydrogen (secondary N) is 1. The first kappa shape index (κ1) is 7.03. The zero-order valence-corrected chi connectivity index (χ0v) is 5.46. The van der Waals surface area contributed by atoms with Crippen molar-refractivity contribution in [2.75, 3.05) is 6.54 Å². The van der Waals surface area contributed by atoms with E-state index in [0.29, 0.717) is 0 Å². The molecule has 0 aliphatic carbocycles. The van der Waals surface area contributed by atoms with E-state index in [1.165, 1.54) is 6.26 Å². The largest absolute Gasteiger partial charge is 0.350 e. The molecule has 1 heterocycles. The van der Waals surface area contributed by atoms with Crippen LogP contribution < -0.4 is 5.32 Å². The van der Waals surface area contributed by atoms with Crippen molar-refractivity contribution in [3.8, 4) is 6.26 Å². The lowest BCUT2D eigenvalue weighted by Gasteiger charge is -2.02. The SMILES string of the molecule is N#COC(=O)C1CCCN1. The first-order chi connectivity index (χ1) is 4.84. The first-order valence-corrected chi connectivity index (χ1v) is 3.18. The number of rotatable bonds is 1. The van der Waals surface area contributed by atoms with Crippen molar-refractivity contribution < 1.29 is 9.53 Å². The summed E-state index contributed by atoms with van der Waals surface area (Å²) in [5, 5.41) is 10.9. The fourth-order valence-electron chi connectivity index (χ4n) is 1.00. The van der Waals surface area contributed by atoms with Crippen LogP contribution in [0.5, 0.6) is 0 Å². The van der Waals surface area contributed by atoms with Crippen LogP contribution in [0.3, 0.4) is 0 Å². The Bertz CT molecular complexity index is 167. The second-order valence-corrected chi connectivity index (χ2v) is 2.16. The van der Waals surface area contributed by atoms with Crippen molar-refractivity contribution in [1.82, 2.24) is 5.32 Å². The van der Waals surface area contributed by atoms with E-state index in [1.54, 1.807) is 0 Å². The minimum Gasteiger partial charge on any atom is -0.350 e. The highest BCUT2D eigenvalue weighted by Gasteiger charge is 2.23. The van der Waals surface area contributed by atoms with Crippen molar-refractivity contribution in [2.45, 2.75) is 18.9 Å². The highest BCUT2D eigenvalue weighted by Crippen LogP contribution is 2.05. The van der Waals surface area contributed by atoms with Gasteiger partial charge in [-0.15, -0.1) is 5.26 Å². The Hall–Kier alpha value is -1.08. The van der Waals surface area contributed by atoms with Crippen LogP contribution in [0.2, 0.25) is 0 Å². The van der Waals surface area contributed by atoms with Crippen LogP contribution in [-0.4, -0.2) is 18.6 Å². The minimum atomic E-state index is -0.458. The Morgan fingerprint density at radius 2 is 2.60 bits per heavy atom. The van der Waals surface area contributed by atoms with Crippen molar-refractivity contribution in [2.24, 2.45) is 0 Å². The molecule has 1 aliphatic rings. The van der Waals surface area contributed by atoms with Gasteiger partial charge in [0, 0.05) is 0 Å². The van der Waals surface area contributed by atoms with Gasteiger partial charge in [0.1, 0.15) is 6.04 Å². The number of esters is 1. The Morgan fingerprint density at radius 1 is 1.80 bits per heavy atom. The van der Waals surface area contributed by atoms with Crippen LogP contribution in [0.4, 0.5) is 0 Å². The standard InChI is InChI=1S/C6H8N2O2/c7-4-10-6(9)5-2-1-3-8-5/h5,8H,1-3H2. The maximum Gasteiger partial charge on any atom is 0.338 e. The number of hydrogen-bond donors (Lipinski definition) is 1. The summed E-state index contributed by atoms with van der Waals surface area (Å²) in [6.07, 6.45) is 3.11. The Morgan fingerprint density at radius 3 is 3.10 bits per heavy atom. The molecule has 0 amide bonds. The number of carbonyl (C=O) groups is 1.